The zero-order chi connectivity index (χ0) is 26.4. The number of carbonyl (C=O) groups excluding carboxylic acids is 1. The third kappa shape index (κ3) is 6.33. The number of likely N-dealkylation sites (tertiary alicyclic amines) is 1. The lowest BCUT2D eigenvalue weighted by atomic mass is 9.83. The molecule has 1 fully saturated rings. The van der Waals surface area contributed by atoms with Gasteiger partial charge in [-0.3, -0.25) is 14.5 Å². The van der Waals surface area contributed by atoms with Gasteiger partial charge in [-0.25, -0.2) is 4.98 Å². The maximum absolute atomic E-state index is 13.5. The number of aliphatic carboxylic acids is 1. The molecule has 37 heavy (non-hydrogen) atoms. The highest BCUT2D eigenvalue weighted by Crippen LogP contribution is 2.41. The van der Waals surface area contributed by atoms with Crippen molar-refractivity contribution in [3.05, 3.63) is 47.5 Å². The second-order valence-corrected chi connectivity index (χ2v) is 10.3. The predicted octanol–water partition coefficient (Wildman–Crippen LogP) is 2.43. The van der Waals surface area contributed by atoms with E-state index < -0.39 is 11.9 Å². The lowest BCUT2D eigenvalue weighted by Gasteiger charge is -2.29. The highest BCUT2D eigenvalue weighted by Gasteiger charge is 2.47. The van der Waals surface area contributed by atoms with Crippen LogP contribution in [0.15, 0.2) is 30.6 Å². The molecule has 1 amide bonds. The molecule has 0 bridgehead atoms. The Balaban J connectivity index is 1.59. The van der Waals surface area contributed by atoms with Gasteiger partial charge in [0, 0.05) is 63.9 Å². The van der Waals surface area contributed by atoms with Crippen molar-refractivity contribution in [1.29, 1.82) is 0 Å². The van der Waals surface area contributed by atoms with Crippen molar-refractivity contribution < 1.29 is 19.4 Å². The summed E-state index contributed by atoms with van der Waals surface area (Å²) in [5, 5.41) is 10.4. The molecule has 1 aromatic carbocycles. The number of fused-ring (bicyclic) bond motifs is 1. The Bertz CT molecular complexity index is 1060. The number of carbonyl (C=O) groups is 2. The maximum atomic E-state index is 13.5. The van der Waals surface area contributed by atoms with E-state index in [1.54, 1.807) is 6.20 Å². The minimum Gasteiger partial charge on any atom is -0.493 e. The zero-order valence-corrected chi connectivity index (χ0v) is 22.1. The molecule has 0 unspecified atom stereocenters. The summed E-state index contributed by atoms with van der Waals surface area (Å²) >= 11 is 0. The SMILES string of the molecule is CCCCN(CCCN)C(=O)CN1C[C@H](c2ccc3c(c2)CCO3)[C@@H](C(=O)O)[C@@H]1CCc1nccn1C. The standard InChI is InChI=1S/C28H41N5O4/c1-3-4-13-32(14-5-11-29)26(34)19-33-18-22(20-6-8-24-21(17-20)10-16-37-24)27(28(35)36)23(33)7-9-25-30-12-15-31(25)2/h6,8,12,15,17,22-23,27H,3-5,7,9-11,13-14,16,18-19,29H2,1-2H3,(H,35,36)/t22-,23+,27-/m1/s1. The number of benzene rings is 1. The molecule has 1 saturated heterocycles. The van der Waals surface area contributed by atoms with Crippen LogP contribution in [0.2, 0.25) is 0 Å². The van der Waals surface area contributed by atoms with Gasteiger partial charge in [-0.2, -0.15) is 0 Å². The number of imidazole rings is 1. The third-order valence-electron chi connectivity index (χ3n) is 7.86. The Kier molecular flexibility index (Phi) is 9.21. The van der Waals surface area contributed by atoms with Gasteiger partial charge in [0.1, 0.15) is 11.6 Å². The van der Waals surface area contributed by atoms with Crippen molar-refractivity contribution in [2.75, 3.05) is 39.3 Å². The van der Waals surface area contributed by atoms with Crippen LogP contribution in [-0.2, 0) is 29.5 Å². The quantitative estimate of drug-likeness (QED) is 0.425. The summed E-state index contributed by atoms with van der Waals surface area (Å²) in [4.78, 5) is 34.7. The summed E-state index contributed by atoms with van der Waals surface area (Å²) in [6.45, 7) is 5.41. The second kappa shape index (κ2) is 12.6. The van der Waals surface area contributed by atoms with E-state index >= 15 is 0 Å². The molecule has 0 spiro atoms. The van der Waals surface area contributed by atoms with E-state index in [9.17, 15) is 14.7 Å². The topological polar surface area (TPSA) is 114 Å². The van der Waals surface area contributed by atoms with Gasteiger partial charge in [-0.05, 0) is 43.0 Å². The summed E-state index contributed by atoms with van der Waals surface area (Å²) in [6, 6.07) is 5.81. The van der Waals surface area contributed by atoms with Crippen LogP contribution in [0.3, 0.4) is 0 Å². The van der Waals surface area contributed by atoms with Crippen LogP contribution in [0.25, 0.3) is 0 Å². The number of hydrogen-bond donors (Lipinski definition) is 2. The van der Waals surface area contributed by atoms with E-state index in [0.717, 1.165) is 48.4 Å². The van der Waals surface area contributed by atoms with Gasteiger partial charge >= 0.3 is 5.97 Å². The van der Waals surface area contributed by atoms with Gasteiger partial charge in [0.2, 0.25) is 5.91 Å². The largest absolute Gasteiger partial charge is 0.493 e. The Morgan fingerprint density at radius 2 is 2.08 bits per heavy atom. The first kappa shape index (κ1) is 27.1. The maximum Gasteiger partial charge on any atom is 0.308 e. The van der Waals surface area contributed by atoms with Gasteiger partial charge in [0.15, 0.2) is 0 Å². The third-order valence-corrected chi connectivity index (χ3v) is 7.86. The lowest BCUT2D eigenvalue weighted by molar-refractivity contribution is -0.143. The lowest BCUT2D eigenvalue weighted by Crippen LogP contribution is -2.45. The fourth-order valence-corrected chi connectivity index (χ4v) is 5.81. The van der Waals surface area contributed by atoms with Gasteiger partial charge in [-0.15, -0.1) is 0 Å². The number of unbranched alkanes of at least 4 members (excludes halogenated alkanes) is 1. The van der Waals surface area contributed by atoms with Crippen LogP contribution in [0.4, 0.5) is 0 Å². The molecule has 9 nitrogen and oxygen atoms in total. The van der Waals surface area contributed by atoms with Crippen LogP contribution in [0.1, 0.15) is 55.5 Å². The molecular weight excluding hydrogens is 470 g/mol. The Morgan fingerprint density at radius 3 is 2.78 bits per heavy atom. The average Bonchev–Trinajstić information content (AvgIpc) is 3.60. The van der Waals surface area contributed by atoms with E-state index in [2.05, 4.69) is 22.9 Å². The van der Waals surface area contributed by atoms with Crippen molar-refractivity contribution in [2.24, 2.45) is 18.7 Å². The molecule has 2 aliphatic rings. The molecule has 3 atom stereocenters. The number of hydrogen-bond acceptors (Lipinski definition) is 6. The van der Waals surface area contributed by atoms with E-state index in [4.69, 9.17) is 10.5 Å². The predicted molar refractivity (Wildman–Crippen MR) is 142 cm³/mol. The number of carboxylic acids is 1. The zero-order valence-electron chi connectivity index (χ0n) is 22.1. The number of ether oxygens (including phenoxy) is 1. The Labute approximate surface area is 219 Å². The summed E-state index contributed by atoms with van der Waals surface area (Å²) in [5.41, 5.74) is 7.88. The number of carboxylic acid groups (broad SMARTS) is 1. The number of rotatable bonds is 13. The molecule has 2 aliphatic heterocycles. The fraction of sp³-hybridized carbons (Fsp3) is 0.607. The molecular formula is C28H41N5O4. The summed E-state index contributed by atoms with van der Waals surface area (Å²) < 4.78 is 7.64. The molecule has 0 radical (unpaired) electrons. The van der Waals surface area contributed by atoms with Crippen molar-refractivity contribution in [1.82, 2.24) is 19.4 Å². The minimum absolute atomic E-state index is 0.0519. The van der Waals surface area contributed by atoms with Crippen LogP contribution in [0.5, 0.6) is 5.75 Å². The van der Waals surface area contributed by atoms with E-state index in [1.165, 1.54) is 0 Å². The molecule has 3 N–H and O–H groups in total. The first-order chi connectivity index (χ1) is 17.9. The minimum atomic E-state index is -0.812. The highest BCUT2D eigenvalue weighted by atomic mass is 16.5. The molecule has 202 valence electrons. The van der Waals surface area contributed by atoms with E-state index in [-0.39, 0.29) is 24.4 Å². The summed E-state index contributed by atoms with van der Waals surface area (Å²) in [7, 11) is 1.95. The molecule has 0 saturated carbocycles. The van der Waals surface area contributed by atoms with E-state index in [0.29, 0.717) is 45.6 Å². The fourth-order valence-electron chi connectivity index (χ4n) is 5.81. The van der Waals surface area contributed by atoms with Crippen molar-refractivity contribution in [3.8, 4) is 5.75 Å². The monoisotopic (exact) mass is 511 g/mol. The molecule has 4 rings (SSSR count). The first-order valence-corrected chi connectivity index (χ1v) is 13.6. The Hall–Kier alpha value is -2.91. The number of aromatic nitrogens is 2. The van der Waals surface area contributed by atoms with Crippen LogP contribution < -0.4 is 10.5 Å². The van der Waals surface area contributed by atoms with Gasteiger partial charge in [0.05, 0.1) is 19.1 Å². The van der Waals surface area contributed by atoms with Crippen molar-refractivity contribution in [2.45, 2.75) is 57.4 Å². The van der Waals surface area contributed by atoms with Gasteiger partial charge < -0.3 is 25.0 Å². The van der Waals surface area contributed by atoms with Crippen LogP contribution in [-0.4, -0.2) is 81.7 Å². The molecule has 1 aromatic heterocycles. The van der Waals surface area contributed by atoms with Crippen molar-refractivity contribution >= 4 is 11.9 Å². The average molecular weight is 512 g/mol. The van der Waals surface area contributed by atoms with E-state index in [1.807, 2.05) is 34.8 Å². The highest BCUT2D eigenvalue weighted by molar-refractivity contribution is 5.79. The molecule has 0 aliphatic carbocycles. The van der Waals surface area contributed by atoms with Gasteiger partial charge in [0.25, 0.3) is 0 Å². The van der Waals surface area contributed by atoms with Crippen LogP contribution in [0, 0.1) is 5.92 Å². The van der Waals surface area contributed by atoms with Crippen LogP contribution >= 0.6 is 0 Å². The number of amides is 1. The van der Waals surface area contributed by atoms with Gasteiger partial charge in [-0.1, -0.05) is 25.5 Å². The Morgan fingerprint density at radius 1 is 1.27 bits per heavy atom. The number of nitrogens with two attached hydrogens (primary N) is 1. The molecule has 9 heteroatoms. The molecule has 3 heterocycles. The smallest absolute Gasteiger partial charge is 0.308 e. The van der Waals surface area contributed by atoms with Crippen molar-refractivity contribution in [3.63, 3.8) is 0 Å². The molecule has 2 aromatic rings. The summed E-state index contributed by atoms with van der Waals surface area (Å²) in [6.07, 6.45) is 8.49. The first-order valence-electron chi connectivity index (χ1n) is 13.6. The normalized spacial score (nSPS) is 21.1. The second-order valence-electron chi connectivity index (χ2n) is 10.3. The number of nitrogens with zero attached hydrogens (tertiary/aromatic N) is 4. The number of aryl methyl sites for hydroxylation is 2. The summed E-state index contributed by atoms with van der Waals surface area (Å²) in [5.74, 6) is 0.236.